The number of carbonyl (C=O) groups excluding carboxylic acids is 1. The zero-order chi connectivity index (χ0) is 14.5. The molecule has 2 unspecified atom stereocenters. The lowest BCUT2D eigenvalue weighted by Crippen LogP contribution is -2.54. The van der Waals surface area contributed by atoms with Gasteiger partial charge in [0.1, 0.15) is 5.50 Å². The van der Waals surface area contributed by atoms with Crippen LogP contribution in [-0.4, -0.2) is 17.4 Å². The first-order valence-corrected chi connectivity index (χ1v) is 8.50. The SMILES string of the molecule is CCCC1CC(=O)NC(SCc2ccc(Cl)cc2Cl)N1. The molecule has 3 nitrogen and oxygen atoms in total. The maximum absolute atomic E-state index is 11.7. The zero-order valence-electron chi connectivity index (χ0n) is 11.3. The summed E-state index contributed by atoms with van der Waals surface area (Å²) in [5.41, 5.74) is 0.967. The molecular weight excluding hydrogens is 315 g/mol. The minimum atomic E-state index is -0.0560. The summed E-state index contributed by atoms with van der Waals surface area (Å²) in [7, 11) is 0. The van der Waals surface area contributed by atoms with E-state index in [1.54, 1.807) is 17.8 Å². The molecule has 0 aliphatic carbocycles. The van der Waals surface area contributed by atoms with E-state index in [1.165, 1.54) is 0 Å². The van der Waals surface area contributed by atoms with Crippen LogP contribution in [0.5, 0.6) is 0 Å². The summed E-state index contributed by atoms with van der Waals surface area (Å²) < 4.78 is 0. The molecule has 2 rings (SSSR count). The number of thioether (sulfide) groups is 1. The lowest BCUT2D eigenvalue weighted by molar-refractivity contribution is -0.123. The molecule has 0 radical (unpaired) electrons. The monoisotopic (exact) mass is 332 g/mol. The third-order valence-electron chi connectivity index (χ3n) is 3.17. The fourth-order valence-electron chi connectivity index (χ4n) is 2.18. The van der Waals surface area contributed by atoms with Crippen molar-refractivity contribution >= 4 is 40.9 Å². The first-order valence-electron chi connectivity index (χ1n) is 6.69. The number of benzene rings is 1. The van der Waals surface area contributed by atoms with Crippen molar-refractivity contribution in [2.45, 2.75) is 43.5 Å². The molecule has 2 atom stereocenters. The van der Waals surface area contributed by atoms with E-state index >= 15 is 0 Å². The molecule has 1 amide bonds. The van der Waals surface area contributed by atoms with Crippen molar-refractivity contribution in [2.24, 2.45) is 0 Å². The van der Waals surface area contributed by atoms with Gasteiger partial charge < -0.3 is 5.32 Å². The number of amides is 1. The topological polar surface area (TPSA) is 41.1 Å². The molecule has 1 heterocycles. The summed E-state index contributed by atoms with van der Waals surface area (Å²) in [6.45, 7) is 2.13. The molecule has 2 N–H and O–H groups in total. The molecule has 1 saturated heterocycles. The molecule has 0 saturated carbocycles. The van der Waals surface area contributed by atoms with E-state index in [-0.39, 0.29) is 17.4 Å². The van der Waals surface area contributed by atoms with Crippen molar-refractivity contribution in [2.75, 3.05) is 0 Å². The van der Waals surface area contributed by atoms with Crippen LogP contribution in [0.25, 0.3) is 0 Å². The van der Waals surface area contributed by atoms with Gasteiger partial charge in [-0.1, -0.05) is 42.6 Å². The maximum Gasteiger partial charge on any atom is 0.223 e. The second-order valence-corrected chi connectivity index (χ2v) is 6.79. The number of carbonyl (C=O) groups is 1. The summed E-state index contributed by atoms with van der Waals surface area (Å²) in [5.74, 6) is 0.842. The average molecular weight is 333 g/mol. The second-order valence-electron chi connectivity index (χ2n) is 4.85. The third kappa shape index (κ3) is 4.55. The first kappa shape index (κ1) is 16.0. The molecule has 1 aromatic carbocycles. The van der Waals surface area contributed by atoms with Gasteiger partial charge >= 0.3 is 0 Å². The van der Waals surface area contributed by atoms with Crippen LogP contribution in [0, 0.1) is 0 Å². The van der Waals surface area contributed by atoms with Crippen LogP contribution in [0.1, 0.15) is 31.7 Å². The van der Waals surface area contributed by atoms with Crippen LogP contribution in [0.2, 0.25) is 10.0 Å². The Labute approximate surface area is 133 Å². The van der Waals surface area contributed by atoms with Crippen molar-refractivity contribution in [3.8, 4) is 0 Å². The molecule has 20 heavy (non-hydrogen) atoms. The normalized spacial score (nSPS) is 22.6. The second kappa shape index (κ2) is 7.55. The van der Waals surface area contributed by atoms with Gasteiger partial charge in [-0.2, -0.15) is 0 Å². The van der Waals surface area contributed by atoms with E-state index in [9.17, 15) is 4.79 Å². The summed E-state index contributed by atoms with van der Waals surface area (Å²) in [5, 5.41) is 7.70. The van der Waals surface area contributed by atoms with Crippen molar-refractivity contribution in [3.05, 3.63) is 33.8 Å². The standard InChI is InChI=1S/C14H18Cl2N2OS/c1-2-3-11-7-13(19)18-14(17-11)20-8-9-4-5-10(15)6-12(9)16/h4-6,11,14,17H,2-3,7-8H2,1H3,(H,18,19). The maximum atomic E-state index is 11.7. The van der Waals surface area contributed by atoms with Crippen molar-refractivity contribution in [1.82, 2.24) is 10.6 Å². The number of hydrogen-bond donors (Lipinski definition) is 2. The van der Waals surface area contributed by atoms with Crippen LogP contribution in [0.3, 0.4) is 0 Å². The van der Waals surface area contributed by atoms with Crippen molar-refractivity contribution in [3.63, 3.8) is 0 Å². The molecule has 6 heteroatoms. The molecule has 1 aromatic rings. The summed E-state index contributed by atoms with van der Waals surface area (Å²) in [6.07, 6.45) is 2.66. The van der Waals surface area contributed by atoms with E-state index in [1.807, 2.05) is 12.1 Å². The van der Waals surface area contributed by atoms with Gasteiger partial charge in [0.15, 0.2) is 0 Å². The predicted octanol–water partition coefficient (Wildman–Crippen LogP) is 3.79. The van der Waals surface area contributed by atoms with E-state index in [4.69, 9.17) is 23.2 Å². The molecular formula is C14H18Cl2N2OS. The third-order valence-corrected chi connectivity index (χ3v) is 4.82. The van der Waals surface area contributed by atoms with Crippen LogP contribution in [0.4, 0.5) is 0 Å². The molecule has 0 aromatic heterocycles. The highest BCUT2D eigenvalue weighted by molar-refractivity contribution is 7.99. The Kier molecular flexibility index (Phi) is 6.02. The fraction of sp³-hybridized carbons (Fsp3) is 0.500. The highest BCUT2D eigenvalue weighted by Crippen LogP contribution is 2.26. The van der Waals surface area contributed by atoms with Crippen LogP contribution < -0.4 is 10.6 Å². The van der Waals surface area contributed by atoms with Crippen molar-refractivity contribution in [1.29, 1.82) is 0 Å². The molecule has 1 aliphatic rings. The Balaban J connectivity index is 1.90. The Morgan fingerprint density at radius 2 is 2.20 bits per heavy atom. The van der Waals surface area contributed by atoms with Gasteiger partial charge in [-0.25, -0.2) is 0 Å². The van der Waals surface area contributed by atoms with E-state index in [2.05, 4.69) is 17.6 Å². The van der Waals surface area contributed by atoms with Gasteiger partial charge in [-0.3, -0.25) is 10.1 Å². The van der Waals surface area contributed by atoms with Crippen LogP contribution in [0.15, 0.2) is 18.2 Å². The first-order chi connectivity index (χ1) is 9.58. The Bertz CT molecular complexity index is 484. The highest BCUT2D eigenvalue weighted by Gasteiger charge is 2.25. The van der Waals surface area contributed by atoms with Gasteiger partial charge in [0.05, 0.1) is 0 Å². The molecule has 1 aliphatic heterocycles. The van der Waals surface area contributed by atoms with Gasteiger partial charge in [-0.05, 0) is 24.1 Å². The minimum Gasteiger partial charge on any atom is -0.332 e. The smallest absolute Gasteiger partial charge is 0.223 e. The highest BCUT2D eigenvalue weighted by atomic mass is 35.5. The quantitative estimate of drug-likeness (QED) is 0.861. The van der Waals surface area contributed by atoms with Crippen LogP contribution in [-0.2, 0) is 10.5 Å². The zero-order valence-corrected chi connectivity index (χ0v) is 13.6. The number of rotatable bonds is 5. The lowest BCUT2D eigenvalue weighted by Gasteiger charge is -2.31. The summed E-state index contributed by atoms with van der Waals surface area (Å²) >= 11 is 13.7. The van der Waals surface area contributed by atoms with E-state index in [0.717, 1.165) is 24.2 Å². The largest absolute Gasteiger partial charge is 0.332 e. The molecule has 110 valence electrons. The van der Waals surface area contributed by atoms with E-state index in [0.29, 0.717) is 16.5 Å². The van der Waals surface area contributed by atoms with Gasteiger partial charge in [0, 0.05) is 28.3 Å². The molecule has 0 spiro atoms. The van der Waals surface area contributed by atoms with Gasteiger partial charge in [0.25, 0.3) is 0 Å². The molecule has 0 bridgehead atoms. The van der Waals surface area contributed by atoms with E-state index < -0.39 is 0 Å². The van der Waals surface area contributed by atoms with Gasteiger partial charge in [-0.15, -0.1) is 11.8 Å². The summed E-state index contributed by atoms with van der Waals surface area (Å²) in [6, 6.07) is 5.76. The molecule has 1 fully saturated rings. The lowest BCUT2D eigenvalue weighted by atomic mass is 10.1. The fourth-order valence-corrected chi connectivity index (χ4v) is 3.84. The predicted molar refractivity (Wildman–Crippen MR) is 86.1 cm³/mol. The van der Waals surface area contributed by atoms with Gasteiger partial charge in [0.2, 0.25) is 5.91 Å². The average Bonchev–Trinajstić information content (AvgIpc) is 2.37. The Hall–Kier alpha value is -0.420. The Morgan fingerprint density at radius 3 is 2.90 bits per heavy atom. The van der Waals surface area contributed by atoms with Crippen molar-refractivity contribution < 1.29 is 4.79 Å². The van der Waals surface area contributed by atoms with Crippen LogP contribution >= 0.6 is 35.0 Å². The summed E-state index contributed by atoms with van der Waals surface area (Å²) in [4.78, 5) is 11.7. The number of nitrogens with one attached hydrogen (secondary N) is 2. The number of halogens is 2. The minimum absolute atomic E-state index is 0.0560. The Morgan fingerprint density at radius 1 is 1.40 bits per heavy atom. The number of hydrogen-bond acceptors (Lipinski definition) is 3.